The van der Waals surface area contributed by atoms with Gasteiger partial charge in [0.1, 0.15) is 17.4 Å². The summed E-state index contributed by atoms with van der Waals surface area (Å²) in [5.41, 5.74) is 8.05. The Bertz CT molecular complexity index is 2510. The zero-order valence-corrected chi connectivity index (χ0v) is 28.3. The summed E-state index contributed by atoms with van der Waals surface area (Å²) >= 11 is 0. The van der Waals surface area contributed by atoms with E-state index in [2.05, 4.69) is 37.7 Å². The highest BCUT2D eigenvalue weighted by Gasteiger charge is 2.31. The van der Waals surface area contributed by atoms with Gasteiger partial charge in [-0.2, -0.15) is 10.2 Å². The number of nitrogens with one attached hydrogen (secondary N) is 2. The van der Waals surface area contributed by atoms with Gasteiger partial charge in [-0.15, -0.1) is 0 Å². The van der Waals surface area contributed by atoms with Crippen molar-refractivity contribution in [2.24, 2.45) is 7.05 Å². The fraction of sp³-hybridized carbons (Fsp3) is 0.250. The van der Waals surface area contributed by atoms with Crippen LogP contribution >= 0.6 is 0 Å². The normalized spacial score (nSPS) is 14.5. The van der Waals surface area contributed by atoms with Crippen LogP contribution in [0.1, 0.15) is 65.3 Å². The number of alkyl halides is 2. The first kappa shape index (κ1) is 34.8. The number of piperidine rings is 1. The lowest BCUT2D eigenvalue weighted by atomic mass is 10.1. The van der Waals surface area contributed by atoms with E-state index in [1.807, 2.05) is 6.07 Å². The van der Waals surface area contributed by atoms with Gasteiger partial charge in [0, 0.05) is 32.7 Å². The molecule has 270 valence electrons. The monoisotopic (exact) mass is 722 g/mol. The molecule has 17 heteroatoms. The second-order valence-corrected chi connectivity index (χ2v) is 12.3. The molecule has 1 aliphatic heterocycles. The number of anilines is 2. The third-order valence-corrected chi connectivity index (χ3v) is 8.74. The van der Waals surface area contributed by atoms with Crippen LogP contribution in [0.15, 0.2) is 71.9 Å². The van der Waals surface area contributed by atoms with Crippen molar-refractivity contribution in [1.82, 2.24) is 38.8 Å². The number of para-hydroxylation sites is 1. The Morgan fingerprint density at radius 3 is 2.74 bits per heavy atom. The molecular formula is C36H32F2N10O5. The standard InChI is InChI=1S/C36H32F2N10O5/c1-45-31-22(7-5-8-26(31)48(36(45)52)27-13-14-29(49)43-35(27)51)6-3-2-4-17-53-20-21-9-11-23(12-10-21)47-19-25(30(44-47)32(37)38)41-34(50)24-18-40-46-16-15-28(39)42-33(24)46/h5,7-12,15-16,18-19,27,32H,2,4,13-14,17,20H2,1H3,(H2,39,42)(H,41,50)(H,43,49,51). The van der Waals surface area contributed by atoms with Crippen LogP contribution in [0.3, 0.4) is 0 Å². The van der Waals surface area contributed by atoms with Crippen molar-refractivity contribution >= 4 is 45.9 Å². The number of nitrogens with two attached hydrogens (primary N) is 1. The first-order chi connectivity index (χ1) is 25.6. The van der Waals surface area contributed by atoms with Crippen LogP contribution in [0.25, 0.3) is 22.4 Å². The molecule has 0 radical (unpaired) electrons. The summed E-state index contributed by atoms with van der Waals surface area (Å²) in [6, 6.07) is 13.1. The summed E-state index contributed by atoms with van der Waals surface area (Å²) in [5, 5.41) is 12.9. The molecule has 1 fully saturated rings. The molecule has 5 heterocycles. The molecule has 2 aromatic carbocycles. The van der Waals surface area contributed by atoms with E-state index in [9.17, 15) is 28.0 Å². The predicted octanol–water partition coefficient (Wildman–Crippen LogP) is 3.67. The topological polar surface area (TPSA) is 185 Å². The maximum absolute atomic E-state index is 13.9. The number of benzene rings is 2. The maximum atomic E-state index is 13.9. The number of rotatable bonds is 10. The number of nitrogens with zero attached hydrogens (tertiary/aromatic N) is 7. The number of nitrogen functional groups attached to an aromatic ring is 1. The number of hydrogen-bond acceptors (Lipinski definition) is 9. The van der Waals surface area contributed by atoms with Crippen molar-refractivity contribution in [3.63, 3.8) is 0 Å². The Morgan fingerprint density at radius 2 is 1.96 bits per heavy atom. The quantitative estimate of drug-likeness (QED) is 0.108. The molecular weight excluding hydrogens is 690 g/mol. The molecule has 6 aromatic rings. The summed E-state index contributed by atoms with van der Waals surface area (Å²) < 4.78 is 39.1. The van der Waals surface area contributed by atoms with Gasteiger partial charge in [0.2, 0.25) is 11.8 Å². The number of fused-ring (bicyclic) bond motifs is 2. The molecule has 1 atom stereocenters. The number of unbranched alkanes of at least 4 members (excludes halogenated alkanes) is 1. The Hall–Kier alpha value is -6.67. The zero-order valence-electron chi connectivity index (χ0n) is 28.3. The van der Waals surface area contributed by atoms with E-state index in [0.29, 0.717) is 48.3 Å². The largest absolute Gasteiger partial charge is 0.384 e. The lowest BCUT2D eigenvalue weighted by Crippen LogP contribution is -2.44. The molecule has 0 bridgehead atoms. The SMILES string of the molecule is Cn1c(=O)n(C2CCC(=O)NC2=O)c2cccc(C#CCCCOCc3ccc(-n4cc(NC(=O)c5cnn6ccc(N)nc56)c(C(F)F)n4)cc3)c21. The molecule has 4 N–H and O–H groups in total. The number of carbonyl (C=O) groups excluding carboxylic acids is 3. The van der Waals surface area contributed by atoms with Gasteiger partial charge >= 0.3 is 5.69 Å². The van der Waals surface area contributed by atoms with Gasteiger partial charge in [0.05, 0.1) is 47.0 Å². The van der Waals surface area contributed by atoms with E-state index in [4.69, 9.17) is 10.5 Å². The second kappa shape index (κ2) is 14.5. The van der Waals surface area contributed by atoms with Crippen LogP contribution in [0, 0.1) is 11.8 Å². The van der Waals surface area contributed by atoms with Crippen molar-refractivity contribution in [2.45, 2.75) is 44.8 Å². The number of imide groups is 1. The highest BCUT2D eigenvalue weighted by Crippen LogP contribution is 2.28. The predicted molar refractivity (Wildman–Crippen MR) is 188 cm³/mol. The van der Waals surface area contributed by atoms with Crippen molar-refractivity contribution in [3.05, 3.63) is 100.0 Å². The van der Waals surface area contributed by atoms with Crippen LogP contribution in [-0.4, -0.2) is 57.8 Å². The molecule has 7 rings (SSSR count). The summed E-state index contributed by atoms with van der Waals surface area (Å²) in [5.74, 6) is 4.91. The van der Waals surface area contributed by atoms with E-state index in [1.54, 1.807) is 43.4 Å². The molecule has 3 amide bonds. The van der Waals surface area contributed by atoms with Crippen molar-refractivity contribution in [3.8, 4) is 17.5 Å². The molecule has 1 aliphatic rings. The van der Waals surface area contributed by atoms with E-state index < -0.39 is 30.0 Å². The number of imidazole rings is 1. The number of aromatic nitrogens is 7. The summed E-state index contributed by atoms with van der Waals surface area (Å²) in [6.07, 6.45) is 2.76. The van der Waals surface area contributed by atoms with Crippen LogP contribution in [0.2, 0.25) is 0 Å². The lowest BCUT2D eigenvalue weighted by Gasteiger charge is -2.21. The number of aryl methyl sites for hydroxylation is 1. The molecule has 1 saturated heterocycles. The summed E-state index contributed by atoms with van der Waals surface area (Å²) in [6.45, 7) is 0.740. The molecule has 0 saturated carbocycles. The smallest absolute Gasteiger partial charge is 0.329 e. The van der Waals surface area contributed by atoms with Gasteiger partial charge in [-0.3, -0.25) is 28.8 Å². The van der Waals surface area contributed by atoms with Crippen LogP contribution in [-0.2, 0) is 28.0 Å². The number of halogens is 2. The molecule has 1 unspecified atom stereocenters. The number of amides is 3. The number of ether oxygens (including phenoxy) is 1. The first-order valence-electron chi connectivity index (χ1n) is 16.6. The highest BCUT2D eigenvalue weighted by atomic mass is 19.3. The summed E-state index contributed by atoms with van der Waals surface area (Å²) in [4.78, 5) is 54.3. The minimum Gasteiger partial charge on any atom is -0.384 e. The van der Waals surface area contributed by atoms with E-state index >= 15 is 0 Å². The molecule has 0 aliphatic carbocycles. The van der Waals surface area contributed by atoms with Gasteiger partial charge in [0.25, 0.3) is 12.3 Å². The van der Waals surface area contributed by atoms with Crippen molar-refractivity contribution < 1.29 is 27.9 Å². The van der Waals surface area contributed by atoms with Crippen molar-refractivity contribution in [2.75, 3.05) is 17.7 Å². The fourth-order valence-electron chi connectivity index (χ4n) is 6.13. The lowest BCUT2D eigenvalue weighted by molar-refractivity contribution is -0.135. The molecule has 4 aromatic heterocycles. The molecule has 15 nitrogen and oxygen atoms in total. The Labute approximate surface area is 299 Å². The van der Waals surface area contributed by atoms with Crippen molar-refractivity contribution in [1.29, 1.82) is 0 Å². The minimum atomic E-state index is -2.95. The highest BCUT2D eigenvalue weighted by molar-refractivity contribution is 6.08. The Morgan fingerprint density at radius 1 is 1.15 bits per heavy atom. The van der Waals surface area contributed by atoms with Gasteiger partial charge < -0.3 is 15.8 Å². The third kappa shape index (κ3) is 6.99. The first-order valence-corrected chi connectivity index (χ1v) is 16.6. The average molecular weight is 723 g/mol. The zero-order chi connectivity index (χ0) is 37.2. The third-order valence-electron chi connectivity index (χ3n) is 8.74. The van der Waals surface area contributed by atoms with Crippen LogP contribution in [0.4, 0.5) is 20.3 Å². The van der Waals surface area contributed by atoms with Gasteiger partial charge in [-0.05, 0) is 48.7 Å². The average Bonchev–Trinajstić information content (AvgIpc) is 3.83. The van der Waals surface area contributed by atoms with Crippen LogP contribution in [0.5, 0.6) is 0 Å². The maximum Gasteiger partial charge on any atom is 0.329 e. The molecule has 53 heavy (non-hydrogen) atoms. The fourth-order valence-corrected chi connectivity index (χ4v) is 6.13. The number of hydrogen-bond donors (Lipinski definition) is 3. The number of carbonyl (C=O) groups is 3. The van der Waals surface area contributed by atoms with E-state index in [0.717, 1.165) is 5.56 Å². The second-order valence-electron chi connectivity index (χ2n) is 12.3. The van der Waals surface area contributed by atoms with Gasteiger partial charge in [0.15, 0.2) is 11.3 Å². The van der Waals surface area contributed by atoms with Crippen LogP contribution < -0.4 is 22.1 Å². The summed E-state index contributed by atoms with van der Waals surface area (Å²) in [7, 11) is 1.63. The van der Waals surface area contributed by atoms with Gasteiger partial charge in [-0.25, -0.2) is 27.8 Å². The minimum absolute atomic E-state index is 0.0617. The van der Waals surface area contributed by atoms with Gasteiger partial charge in [-0.1, -0.05) is 30.0 Å². The Balaban J connectivity index is 0.939. The Kier molecular flexibility index (Phi) is 9.52. The molecule has 0 spiro atoms. The van der Waals surface area contributed by atoms with E-state index in [-0.39, 0.29) is 47.2 Å². The van der Waals surface area contributed by atoms with E-state index in [1.165, 1.54) is 43.0 Å².